The Labute approximate surface area is 151 Å². The lowest BCUT2D eigenvalue weighted by molar-refractivity contribution is 0.00667. The van der Waals surface area contributed by atoms with E-state index in [0.29, 0.717) is 18.1 Å². The van der Waals surface area contributed by atoms with Crippen LogP contribution in [0.1, 0.15) is 57.4 Å². The minimum atomic E-state index is -0.127. The van der Waals surface area contributed by atoms with Gasteiger partial charge in [-0.05, 0) is 57.1 Å². The highest BCUT2D eigenvalue weighted by atomic mass is 19.1. The van der Waals surface area contributed by atoms with Crippen LogP contribution < -0.4 is 5.32 Å². The fraction of sp³-hybridized carbons (Fsp3) is 0.714. The van der Waals surface area contributed by atoms with Gasteiger partial charge in [0.25, 0.3) is 0 Å². The Bertz CT molecular complexity index is 530. The second-order valence-corrected chi connectivity index (χ2v) is 7.93. The fourth-order valence-electron chi connectivity index (χ4n) is 4.47. The van der Waals surface area contributed by atoms with E-state index < -0.39 is 0 Å². The first kappa shape index (κ1) is 18.8. The number of aliphatic hydroxyl groups excluding tert-OH is 1. The zero-order chi connectivity index (χ0) is 17.6. The molecule has 2 fully saturated rings. The van der Waals surface area contributed by atoms with E-state index in [-0.39, 0.29) is 11.9 Å². The summed E-state index contributed by atoms with van der Waals surface area (Å²) in [7, 11) is 0. The molecule has 1 saturated carbocycles. The monoisotopic (exact) mass is 348 g/mol. The summed E-state index contributed by atoms with van der Waals surface area (Å²) in [5.41, 5.74) is 0.817. The van der Waals surface area contributed by atoms with Gasteiger partial charge in [-0.1, -0.05) is 31.0 Å². The molecule has 0 aromatic heterocycles. The average Bonchev–Trinajstić information content (AvgIpc) is 2.62. The van der Waals surface area contributed by atoms with E-state index in [4.69, 9.17) is 0 Å². The molecule has 0 spiro atoms. The molecule has 1 saturated heterocycles. The number of nitrogens with zero attached hydrogens (tertiary/aromatic N) is 1. The van der Waals surface area contributed by atoms with E-state index in [9.17, 15) is 9.50 Å². The molecule has 3 rings (SSSR count). The first-order chi connectivity index (χ1) is 12.1. The lowest BCUT2D eigenvalue weighted by atomic mass is 9.89. The fourth-order valence-corrected chi connectivity index (χ4v) is 4.47. The first-order valence-corrected chi connectivity index (χ1v) is 10.0. The van der Waals surface area contributed by atoms with Crippen LogP contribution in [0.15, 0.2) is 24.3 Å². The maximum absolute atomic E-state index is 13.7. The van der Waals surface area contributed by atoms with Gasteiger partial charge in [-0.2, -0.15) is 0 Å². The number of piperidine rings is 1. The summed E-state index contributed by atoms with van der Waals surface area (Å²) >= 11 is 0. The van der Waals surface area contributed by atoms with Crippen LogP contribution in [-0.2, 0) is 6.42 Å². The average molecular weight is 349 g/mol. The molecule has 4 heteroatoms. The summed E-state index contributed by atoms with van der Waals surface area (Å²) < 4.78 is 13.7. The molecule has 1 aliphatic heterocycles. The van der Waals surface area contributed by atoms with Crippen LogP contribution >= 0.6 is 0 Å². The maximum atomic E-state index is 13.7. The van der Waals surface area contributed by atoms with Crippen molar-refractivity contribution >= 4 is 0 Å². The summed E-state index contributed by atoms with van der Waals surface area (Å²) in [6, 6.07) is 8.42. The van der Waals surface area contributed by atoms with Crippen LogP contribution in [0.2, 0.25) is 0 Å². The predicted octanol–water partition coefficient (Wildman–Crippen LogP) is 3.50. The summed E-state index contributed by atoms with van der Waals surface area (Å²) in [5, 5.41) is 14.0. The number of hydrogen-bond donors (Lipinski definition) is 2. The van der Waals surface area contributed by atoms with E-state index in [2.05, 4.69) is 17.1 Å². The van der Waals surface area contributed by atoms with E-state index in [1.54, 1.807) is 12.1 Å². The smallest absolute Gasteiger partial charge is 0.126 e. The van der Waals surface area contributed by atoms with Gasteiger partial charge in [-0.15, -0.1) is 0 Å². The van der Waals surface area contributed by atoms with Crippen molar-refractivity contribution in [2.75, 3.05) is 13.1 Å². The van der Waals surface area contributed by atoms with E-state index in [1.807, 2.05) is 12.1 Å². The number of halogens is 1. The summed E-state index contributed by atoms with van der Waals surface area (Å²) in [6.07, 6.45) is 8.46. The number of hydrogen-bond acceptors (Lipinski definition) is 3. The van der Waals surface area contributed by atoms with Gasteiger partial charge in [0.05, 0.1) is 6.10 Å². The summed E-state index contributed by atoms with van der Waals surface area (Å²) in [4.78, 5) is 2.51. The number of likely N-dealkylation sites (tertiary alicyclic amines) is 1. The molecule has 25 heavy (non-hydrogen) atoms. The molecule has 0 radical (unpaired) electrons. The van der Waals surface area contributed by atoms with Crippen LogP contribution in [0, 0.1) is 5.82 Å². The Morgan fingerprint density at radius 3 is 2.60 bits per heavy atom. The van der Waals surface area contributed by atoms with Gasteiger partial charge in [0.15, 0.2) is 0 Å². The molecule has 2 aliphatic rings. The number of rotatable bonds is 6. The van der Waals surface area contributed by atoms with Crippen molar-refractivity contribution < 1.29 is 9.50 Å². The molecule has 1 heterocycles. The molecule has 3 nitrogen and oxygen atoms in total. The Morgan fingerprint density at radius 1 is 1.16 bits per heavy atom. The second-order valence-electron chi connectivity index (χ2n) is 7.93. The highest BCUT2D eigenvalue weighted by Gasteiger charge is 2.31. The molecule has 0 amide bonds. The van der Waals surface area contributed by atoms with Crippen molar-refractivity contribution in [1.82, 2.24) is 10.2 Å². The van der Waals surface area contributed by atoms with Crippen molar-refractivity contribution in [3.05, 3.63) is 35.6 Å². The van der Waals surface area contributed by atoms with Gasteiger partial charge in [-0.25, -0.2) is 4.39 Å². The highest BCUT2D eigenvalue weighted by molar-refractivity contribution is 5.17. The van der Waals surface area contributed by atoms with Crippen LogP contribution in [0.3, 0.4) is 0 Å². The lowest BCUT2D eigenvalue weighted by Gasteiger charge is -2.42. The van der Waals surface area contributed by atoms with Crippen molar-refractivity contribution in [3.8, 4) is 0 Å². The molecule has 1 aromatic carbocycles. The van der Waals surface area contributed by atoms with Gasteiger partial charge >= 0.3 is 0 Å². The molecule has 3 atom stereocenters. The molecular formula is C21H33FN2O. The highest BCUT2D eigenvalue weighted by Crippen LogP contribution is 2.26. The minimum Gasteiger partial charge on any atom is -0.391 e. The number of benzene rings is 1. The van der Waals surface area contributed by atoms with E-state index in [1.165, 1.54) is 12.8 Å². The van der Waals surface area contributed by atoms with Crippen LogP contribution in [0.5, 0.6) is 0 Å². The van der Waals surface area contributed by atoms with Gasteiger partial charge < -0.3 is 10.4 Å². The molecule has 1 aromatic rings. The van der Waals surface area contributed by atoms with Gasteiger partial charge in [-0.3, -0.25) is 4.90 Å². The van der Waals surface area contributed by atoms with Gasteiger partial charge in [0, 0.05) is 31.2 Å². The topological polar surface area (TPSA) is 35.5 Å². The maximum Gasteiger partial charge on any atom is 0.126 e. The zero-order valence-corrected chi connectivity index (χ0v) is 15.5. The third-order valence-corrected chi connectivity index (χ3v) is 6.02. The number of aryl methyl sites for hydroxylation is 1. The van der Waals surface area contributed by atoms with Gasteiger partial charge in [0.2, 0.25) is 0 Å². The quantitative estimate of drug-likeness (QED) is 0.826. The van der Waals surface area contributed by atoms with Crippen molar-refractivity contribution in [1.29, 1.82) is 0 Å². The second kappa shape index (κ2) is 9.11. The van der Waals surface area contributed by atoms with E-state index in [0.717, 1.165) is 57.2 Å². The largest absolute Gasteiger partial charge is 0.391 e. The summed E-state index contributed by atoms with van der Waals surface area (Å²) in [5.74, 6) is -0.0888. The molecule has 2 N–H and O–H groups in total. The zero-order valence-electron chi connectivity index (χ0n) is 15.5. The molecule has 140 valence electrons. The standard InChI is InChI=1S/C21H33FN2O/c1-16(10-11-17-6-2-3-7-19(17)22)23-18-12-14-24(15-13-18)20-8-4-5-9-21(20)25/h2-3,6-7,16,18,20-21,23,25H,4-5,8-15H2,1H3. The normalized spacial score (nSPS) is 27.3. The van der Waals surface area contributed by atoms with Crippen molar-refractivity contribution in [2.45, 2.75) is 82.5 Å². The molecule has 0 bridgehead atoms. The summed E-state index contributed by atoms with van der Waals surface area (Å²) in [6.45, 7) is 4.37. The molecule has 1 aliphatic carbocycles. The first-order valence-electron chi connectivity index (χ1n) is 10.0. The van der Waals surface area contributed by atoms with Crippen molar-refractivity contribution in [2.24, 2.45) is 0 Å². The lowest BCUT2D eigenvalue weighted by Crippen LogP contribution is -2.52. The minimum absolute atomic E-state index is 0.0888. The van der Waals surface area contributed by atoms with Crippen LogP contribution in [-0.4, -0.2) is 47.3 Å². The Kier molecular flexibility index (Phi) is 6.85. The Hall–Kier alpha value is -0.970. The predicted molar refractivity (Wildman–Crippen MR) is 100 cm³/mol. The number of aliphatic hydroxyl groups is 1. The number of nitrogens with one attached hydrogen (secondary N) is 1. The van der Waals surface area contributed by atoms with Crippen LogP contribution in [0.25, 0.3) is 0 Å². The third kappa shape index (κ3) is 5.25. The van der Waals surface area contributed by atoms with E-state index >= 15 is 0 Å². The Morgan fingerprint density at radius 2 is 1.88 bits per heavy atom. The third-order valence-electron chi connectivity index (χ3n) is 6.02. The molecule has 3 unspecified atom stereocenters. The SMILES string of the molecule is CC(CCc1ccccc1F)NC1CCN(C2CCCCC2O)CC1. The van der Waals surface area contributed by atoms with Crippen LogP contribution in [0.4, 0.5) is 4.39 Å². The Balaban J connectivity index is 1.39. The van der Waals surface area contributed by atoms with Crippen molar-refractivity contribution in [3.63, 3.8) is 0 Å². The molecular weight excluding hydrogens is 315 g/mol. The van der Waals surface area contributed by atoms with Gasteiger partial charge in [0.1, 0.15) is 5.82 Å².